The van der Waals surface area contributed by atoms with Crippen molar-refractivity contribution in [2.45, 2.75) is 6.54 Å². The molecule has 0 radical (unpaired) electrons. The van der Waals surface area contributed by atoms with Crippen LogP contribution in [0.25, 0.3) is 0 Å². The van der Waals surface area contributed by atoms with Crippen molar-refractivity contribution in [1.29, 1.82) is 0 Å². The van der Waals surface area contributed by atoms with E-state index in [1.54, 1.807) is 6.07 Å². The van der Waals surface area contributed by atoms with Crippen LogP contribution in [0.4, 0.5) is 10.1 Å². The van der Waals surface area contributed by atoms with Crippen LogP contribution >= 0.6 is 11.6 Å². The fraction of sp³-hybridized carbons (Fsp3) is 0.0833. The van der Waals surface area contributed by atoms with Crippen molar-refractivity contribution in [2.75, 3.05) is 5.32 Å². The van der Waals surface area contributed by atoms with Crippen LogP contribution in [0, 0.1) is 5.82 Å². The molecule has 0 saturated heterocycles. The molecule has 0 saturated carbocycles. The number of hydrogen-bond acceptors (Lipinski definition) is 3. The number of hydrogen-bond donors (Lipinski definition) is 2. The first kappa shape index (κ1) is 11.7. The number of aromatic hydroxyl groups is 1. The largest absolute Gasteiger partial charge is 0.506 e. The zero-order valence-electron chi connectivity index (χ0n) is 8.82. The van der Waals surface area contributed by atoms with Crippen LogP contribution in [0.15, 0.2) is 36.5 Å². The van der Waals surface area contributed by atoms with Gasteiger partial charge in [-0.15, -0.1) is 0 Å². The summed E-state index contributed by atoms with van der Waals surface area (Å²) >= 11 is 5.76. The zero-order chi connectivity index (χ0) is 12.3. The Labute approximate surface area is 103 Å². The molecule has 0 atom stereocenters. The second kappa shape index (κ2) is 5.01. The molecule has 1 aromatic carbocycles. The molecule has 1 heterocycles. The third kappa shape index (κ3) is 3.07. The lowest BCUT2D eigenvalue weighted by molar-refractivity contribution is 0.472. The first-order valence-electron chi connectivity index (χ1n) is 4.98. The monoisotopic (exact) mass is 252 g/mol. The van der Waals surface area contributed by atoms with Gasteiger partial charge in [-0.25, -0.2) is 4.39 Å². The quantitative estimate of drug-likeness (QED) is 0.882. The molecule has 1 aromatic heterocycles. The molecule has 3 nitrogen and oxygen atoms in total. The van der Waals surface area contributed by atoms with Gasteiger partial charge in [0.2, 0.25) is 0 Å². The lowest BCUT2D eigenvalue weighted by Gasteiger charge is -2.07. The number of aromatic nitrogens is 1. The molecular formula is C12H10ClFN2O. The third-order valence-corrected chi connectivity index (χ3v) is 2.43. The molecule has 0 bridgehead atoms. The highest BCUT2D eigenvalue weighted by atomic mass is 35.5. The fourth-order valence-electron chi connectivity index (χ4n) is 1.34. The van der Waals surface area contributed by atoms with E-state index in [1.807, 2.05) is 0 Å². The Hall–Kier alpha value is -1.81. The molecule has 0 amide bonds. The number of pyridine rings is 1. The Morgan fingerprint density at radius 3 is 2.82 bits per heavy atom. The first-order chi connectivity index (χ1) is 8.15. The Bertz CT molecular complexity index is 516. The fourth-order valence-corrected chi connectivity index (χ4v) is 1.51. The van der Waals surface area contributed by atoms with E-state index in [2.05, 4.69) is 10.3 Å². The molecule has 2 aromatic rings. The Balaban J connectivity index is 2.07. The Morgan fingerprint density at radius 1 is 1.29 bits per heavy atom. The van der Waals surface area contributed by atoms with E-state index >= 15 is 0 Å². The molecule has 0 aliphatic rings. The SMILES string of the molecule is Oc1ccc(CNc2cc(Cl)ccc2F)nc1. The highest BCUT2D eigenvalue weighted by Gasteiger charge is 2.03. The number of nitrogens with one attached hydrogen (secondary N) is 1. The minimum absolute atomic E-state index is 0.0997. The molecule has 5 heteroatoms. The first-order valence-corrected chi connectivity index (χ1v) is 5.36. The Kier molecular flexibility index (Phi) is 3.44. The van der Waals surface area contributed by atoms with Gasteiger partial charge in [-0.1, -0.05) is 11.6 Å². The van der Waals surface area contributed by atoms with E-state index < -0.39 is 0 Å². The highest BCUT2D eigenvalue weighted by molar-refractivity contribution is 6.30. The molecule has 0 fully saturated rings. The van der Waals surface area contributed by atoms with Crippen molar-refractivity contribution < 1.29 is 9.50 Å². The molecular weight excluding hydrogens is 243 g/mol. The number of benzene rings is 1. The van der Waals surface area contributed by atoms with Crippen molar-refractivity contribution in [1.82, 2.24) is 4.98 Å². The van der Waals surface area contributed by atoms with Crippen molar-refractivity contribution >= 4 is 17.3 Å². The minimum atomic E-state index is -0.367. The van der Waals surface area contributed by atoms with Gasteiger partial charge in [-0.3, -0.25) is 4.98 Å². The maximum absolute atomic E-state index is 13.4. The number of rotatable bonds is 3. The molecule has 17 heavy (non-hydrogen) atoms. The van der Waals surface area contributed by atoms with Gasteiger partial charge >= 0.3 is 0 Å². The predicted octanol–water partition coefficient (Wildman–Crippen LogP) is 3.19. The summed E-state index contributed by atoms with van der Waals surface area (Å²) in [6.07, 6.45) is 1.34. The van der Waals surface area contributed by atoms with Gasteiger partial charge < -0.3 is 10.4 Å². The van der Waals surface area contributed by atoms with E-state index in [1.165, 1.54) is 30.5 Å². The van der Waals surface area contributed by atoms with Gasteiger partial charge in [-0.2, -0.15) is 0 Å². The third-order valence-electron chi connectivity index (χ3n) is 2.20. The minimum Gasteiger partial charge on any atom is -0.506 e. The summed E-state index contributed by atoms with van der Waals surface area (Å²) in [6.45, 7) is 0.359. The summed E-state index contributed by atoms with van der Waals surface area (Å²) in [4.78, 5) is 3.98. The average molecular weight is 253 g/mol. The van der Waals surface area contributed by atoms with Crippen LogP contribution in [0.2, 0.25) is 5.02 Å². The van der Waals surface area contributed by atoms with E-state index in [0.29, 0.717) is 22.9 Å². The smallest absolute Gasteiger partial charge is 0.146 e. The van der Waals surface area contributed by atoms with Crippen LogP contribution in [0.5, 0.6) is 5.75 Å². The molecule has 0 spiro atoms. The van der Waals surface area contributed by atoms with Crippen molar-refractivity contribution in [2.24, 2.45) is 0 Å². The number of anilines is 1. The van der Waals surface area contributed by atoms with E-state index in [4.69, 9.17) is 16.7 Å². The topological polar surface area (TPSA) is 45.1 Å². The summed E-state index contributed by atoms with van der Waals surface area (Å²) in [5.74, 6) is -0.268. The summed E-state index contributed by atoms with van der Waals surface area (Å²) in [5.41, 5.74) is 1.02. The van der Waals surface area contributed by atoms with Crippen molar-refractivity contribution in [3.8, 4) is 5.75 Å². The summed E-state index contributed by atoms with van der Waals surface area (Å²) in [5, 5.41) is 12.4. The van der Waals surface area contributed by atoms with Crippen LogP contribution < -0.4 is 5.32 Å². The number of nitrogens with zero attached hydrogens (tertiary/aromatic N) is 1. The van der Waals surface area contributed by atoms with E-state index in [9.17, 15) is 4.39 Å². The molecule has 0 aliphatic heterocycles. The highest BCUT2D eigenvalue weighted by Crippen LogP contribution is 2.20. The van der Waals surface area contributed by atoms with Gasteiger partial charge in [0, 0.05) is 5.02 Å². The van der Waals surface area contributed by atoms with Gasteiger partial charge in [-0.05, 0) is 30.3 Å². The summed E-state index contributed by atoms with van der Waals surface area (Å²) in [6, 6.07) is 7.48. The van der Waals surface area contributed by atoms with Gasteiger partial charge in [0.05, 0.1) is 24.1 Å². The molecule has 0 aliphatic carbocycles. The van der Waals surface area contributed by atoms with Crippen LogP contribution in [0.3, 0.4) is 0 Å². The average Bonchev–Trinajstić information content (AvgIpc) is 2.32. The lowest BCUT2D eigenvalue weighted by atomic mass is 10.3. The van der Waals surface area contributed by atoms with Crippen LogP contribution in [-0.2, 0) is 6.54 Å². The molecule has 0 unspecified atom stereocenters. The van der Waals surface area contributed by atoms with Crippen molar-refractivity contribution in [3.05, 3.63) is 53.1 Å². The van der Waals surface area contributed by atoms with Crippen LogP contribution in [-0.4, -0.2) is 10.1 Å². The number of halogens is 2. The standard InChI is InChI=1S/C12H10ClFN2O/c13-8-1-4-11(14)12(5-8)16-6-9-2-3-10(17)7-15-9/h1-5,7,16-17H,6H2. The molecule has 2 N–H and O–H groups in total. The normalized spacial score (nSPS) is 10.2. The molecule has 2 rings (SSSR count). The maximum Gasteiger partial charge on any atom is 0.146 e. The zero-order valence-corrected chi connectivity index (χ0v) is 9.58. The lowest BCUT2D eigenvalue weighted by Crippen LogP contribution is -2.02. The van der Waals surface area contributed by atoms with E-state index in [-0.39, 0.29) is 11.6 Å². The van der Waals surface area contributed by atoms with Gasteiger partial charge in [0.15, 0.2) is 0 Å². The maximum atomic E-state index is 13.4. The second-order valence-electron chi connectivity index (χ2n) is 3.49. The summed E-state index contributed by atoms with van der Waals surface area (Å²) < 4.78 is 13.4. The van der Waals surface area contributed by atoms with Gasteiger partial charge in [0.1, 0.15) is 11.6 Å². The van der Waals surface area contributed by atoms with Crippen molar-refractivity contribution in [3.63, 3.8) is 0 Å². The molecule has 88 valence electrons. The van der Waals surface area contributed by atoms with E-state index in [0.717, 1.165) is 0 Å². The second-order valence-corrected chi connectivity index (χ2v) is 3.92. The van der Waals surface area contributed by atoms with Gasteiger partial charge in [0.25, 0.3) is 0 Å². The predicted molar refractivity (Wildman–Crippen MR) is 64.6 cm³/mol. The Morgan fingerprint density at radius 2 is 2.12 bits per heavy atom. The van der Waals surface area contributed by atoms with Crippen LogP contribution in [0.1, 0.15) is 5.69 Å². The summed E-state index contributed by atoms with van der Waals surface area (Å²) in [7, 11) is 0.